The topological polar surface area (TPSA) is 170 Å². The van der Waals surface area contributed by atoms with E-state index in [0.29, 0.717) is 5.56 Å². The maximum Gasteiger partial charge on any atom is 0.340 e. The Morgan fingerprint density at radius 1 is 1.07 bits per heavy atom. The Morgan fingerprint density at radius 2 is 1.67 bits per heavy atom. The van der Waals surface area contributed by atoms with E-state index in [-0.39, 0.29) is 12.2 Å². The number of hydrogen-bond acceptors (Lipinski definition) is 7. The molecule has 0 saturated heterocycles. The highest BCUT2D eigenvalue weighted by atomic mass is 16.6. The van der Waals surface area contributed by atoms with Crippen LogP contribution in [0.25, 0.3) is 0 Å². The zero-order valence-electron chi connectivity index (χ0n) is 13.7. The molecule has 2 aromatic rings. The smallest absolute Gasteiger partial charge is 0.340 e. The lowest BCUT2D eigenvalue weighted by atomic mass is 9.94. The Hall–Kier alpha value is -3.95. The number of nitro groups is 1. The number of nitrogens with zero attached hydrogens (tertiary/aromatic N) is 1. The lowest BCUT2D eigenvalue weighted by molar-refractivity contribution is -0.384. The van der Waals surface area contributed by atoms with Crippen LogP contribution in [0.3, 0.4) is 0 Å². The lowest BCUT2D eigenvalue weighted by Gasteiger charge is -2.12. The molecule has 0 saturated carbocycles. The molecule has 0 atom stereocenters. The van der Waals surface area contributed by atoms with Gasteiger partial charge in [-0.25, -0.2) is 4.79 Å². The first-order chi connectivity index (χ1) is 12.7. The average molecular weight is 374 g/mol. The van der Waals surface area contributed by atoms with E-state index in [1.807, 2.05) is 0 Å². The van der Waals surface area contributed by atoms with Crippen molar-refractivity contribution in [3.05, 3.63) is 69.3 Å². The van der Waals surface area contributed by atoms with Crippen molar-refractivity contribution >= 4 is 29.3 Å². The van der Waals surface area contributed by atoms with Crippen molar-refractivity contribution in [1.29, 1.82) is 0 Å². The van der Waals surface area contributed by atoms with Gasteiger partial charge in [-0.05, 0) is 17.7 Å². The summed E-state index contributed by atoms with van der Waals surface area (Å²) >= 11 is 0. The third kappa shape index (κ3) is 4.18. The van der Waals surface area contributed by atoms with Gasteiger partial charge >= 0.3 is 17.9 Å². The van der Waals surface area contributed by atoms with Gasteiger partial charge in [-0.3, -0.25) is 19.7 Å². The maximum atomic E-state index is 12.2. The first kappa shape index (κ1) is 19.4. The molecule has 10 nitrogen and oxygen atoms in total. The number of aliphatic carboxylic acids is 2. The minimum absolute atomic E-state index is 0.110. The fraction of sp³-hybridized carbons (Fsp3) is 0.118. The van der Waals surface area contributed by atoms with Crippen LogP contribution >= 0.6 is 0 Å². The van der Waals surface area contributed by atoms with Gasteiger partial charge in [0.25, 0.3) is 5.69 Å². The summed E-state index contributed by atoms with van der Waals surface area (Å²) < 4.78 is 5.05. The molecular formula is C17H14N2O8. The molecule has 0 unspecified atom stereocenters. The molecular weight excluding hydrogens is 360 g/mol. The van der Waals surface area contributed by atoms with E-state index in [1.54, 1.807) is 30.3 Å². The minimum atomic E-state index is -2.21. The third-order valence-electron chi connectivity index (χ3n) is 3.67. The van der Waals surface area contributed by atoms with Gasteiger partial charge in [-0.15, -0.1) is 0 Å². The molecule has 0 aromatic heterocycles. The van der Waals surface area contributed by atoms with Crippen molar-refractivity contribution in [3.8, 4) is 0 Å². The van der Waals surface area contributed by atoms with Crippen molar-refractivity contribution in [2.24, 2.45) is 0 Å². The van der Waals surface area contributed by atoms with Crippen LogP contribution in [0.5, 0.6) is 0 Å². The minimum Gasteiger partial charge on any atom is -0.480 e. The molecule has 0 aliphatic rings. The van der Waals surface area contributed by atoms with Crippen LogP contribution in [0, 0.1) is 10.1 Å². The average Bonchev–Trinajstić information content (AvgIpc) is 2.59. The van der Waals surface area contributed by atoms with Crippen LogP contribution in [-0.4, -0.2) is 33.0 Å². The fourth-order valence-corrected chi connectivity index (χ4v) is 2.41. The number of carbonyl (C=O) groups excluding carboxylic acids is 1. The van der Waals surface area contributed by atoms with Gasteiger partial charge in [0.2, 0.25) is 0 Å². The normalized spacial score (nSPS) is 10.4. The predicted molar refractivity (Wildman–Crippen MR) is 91.1 cm³/mol. The molecule has 0 aliphatic heterocycles. The first-order valence-electron chi connectivity index (χ1n) is 7.47. The summed E-state index contributed by atoms with van der Waals surface area (Å²) in [5.41, 5.74) is 3.71. The second-order valence-corrected chi connectivity index (χ2v) is 5.39. The van der Waals surface area contributed by atoms with Crippen LogP contribution in [0.1, 0.15) is 27.4 Å². The first-order valence-corrected chi connectivity index (χ1v) is 7.47. The number of nitrogens with two attached hydrogens (primary N) is 1. The molecule has 0 fully saturated rings. The number of esters is 1. The monoisotopic (exact) mass is 374 g/mol. The molecule has 10 heteroatoms. The number of hydrogen-bond donors (Lipinski definition) is 3. The Morgan fingerprint density at radius 3 is 2.19 bits per heavy atom. The number of carboxylic acids is 2. The third-order valence-corrected chi connectivity index (χ3v) is 3.67. The SMILES string of the molecule is Nc1c(C(=O)OCc2ccccc2)ccc(C(C(=O)O)C(=O)O)c1[N+](=O)[O-]. The van der Waals surface area contributed by atoms with Gasteiger partial charge in [0, 0.05) is 0 Å². The van der Waals surface area contributed by atoms with E-state index in [4.69, 9.17) is 20.7 Å². The molecule has 0 spiro atoms. The Labute approximate surface area is 151 Å². The van der Waals surface area contributed by atoms with Crippen LogP contribution in [0.4, 0.5) is 11.4 Å². The molecule has 140 valence electrons. The Kier molecular flexibility index (Phi) is 5.71. The van der Waals surface area contributed by atoms with Crippen LogP contribution in [0.2, 0.25) is 0 Å². The molecule has 2 aromatic carbocycles. The van der Waals surface area contributed by atoms with E-state index in [1.165, 1.54) is 0 Å². The van der Waals surface area contributed by atoms with Gasteiger partial charge in [0.05, 0.1) is 16.1 Å². The second-order valence-electron chi connectivity index (χ2n) is 5.39. The van der Waals surface area contributed by atoms with Crippen LogP contribution in [-0.2, 0) is 20.9 Å². The summed E-state index contributed by atoms with van der Waals surface area (Å²) in [6, 6.07) is 10.5. The highest BCUT2D eigenvalue weighted by Crippen LogP contribution is 2.35. The van der Waals surface area contributed by atoms with Crippen LogP contribution < -0.4 is 5.73 Å². The maximum absolute atomic E-state index is 12.2. The fourth-order valence-electron chi connectivity index (χ4n) is 2.41. The summed E-state index contributed by atoms with van der Waals surface area (Å²) in [6.07, 6.45) is 0. The highest BCUT2D eigenvalue weighted by molar-refractivity contribution is 6.03. The molecule has 0 aliphatic carbocycles. The van der Waals surface area contributed by atoms with Crippen LogP contribution in [0.15, 0.2) is 42.5 Å². The lowest BCUT2D eigenvalue weighted by Crippen LogP contribution is -2.23. The quantitative estimate of drug-likeness (QED) is 0.215. The van der Waals surface area contributed by atoms with Crippen molar-refractivity contribution in [1.82, 2.24) is 0 Å². The molecule has 0 bridgehead atoms. The number of nitro benzene ring substituents is 1. The number of carbonyl (C=O) groups is 3. The summed E-state index contributed by atoms with van der Waals surface area (Å²) in [6.45, 7) is -0.110. The molecule has 2 rings (SSSR count). The number of benzene rings is 2. The summed E-state index contributed by atoms with van der Waals surface area (Å²) in [5.74, 6) is -6.77. The summed E-state index contributed by atoms with van der Waals surface area (Å²) in [5, 5.41) is 29.4. The Bertz CT molecular complexity index is 897. The van der Waals surface area contributed by atoms with Gasteiger partial charge in [0.1, 0.15) is 12.3 Å². The highest BCUT2D eigenvalue weighted by Gasteiger charge is 2.37. The zero-order chi connectivity index (χ0) is 20.1. The molecule has 27 heavy (non-hydrogen) atoms. The number of ether oxygens (including phenoxy) is 1. The van der Waals surface area contributed by atoms with E-state index in [9.17, 15) is 24.5 Å². The van der Waals surface area contributed by atoms with Gasteiger partial charge in [-0.1, -0.05) is 30.3 Å². The van der Waals surface area contributed by atoms with Crippen molar-refractivity contribution in [3.63, 3.8) is 0 Å². The molecule has 0 radical (unpaired) electrons. The summed E-state index contributed by atoms with van der Waals surface area (Å²) in [7, 11) is 0. The molecule has 4 N–H and O–H groups in total. The zero-order valence-corrected chi connectivity index (χ0v) is 13.7. The largest absolute Gasteiger partial charge is 0.480 e. The molecule has 0 heterocycles. The predicted octanol–water partition coefficient (Wildman–Crippen LogP) is 1.79. The van der Waals surface area contributed by atoms with Gasteiger partial charge in [0.15, 0.2) is 5.92 Å². The summed E-state index contributed by atoms with van der Waals surface area (Å²) in [4.78, 5) is 44.8. The van der Waals surface area contributed by atoms with Gasteiger partial charge in [-0.2, -0.15) is 0 Å². The van der Waals surface area contributed by atoms with Crippen molar-refractivity contribution in [2.75, 3.05) is 5.73 Å². The van der Waals surface area contributed by atoms with Gasteiger partial charge < -0.3 is 20.7 Å². The van der Waals surface area contributed by atoms with E-state index in [2.05, 4.69) is 0 Å². The standard InChI is InChI=1S/C17H14N2O8/c18-13-11(17(24)27-8-9-4-2-1-3-5-9)7-6-10(14(13)19(25)26)12(15(20)21)16(22)23/h1-7,12H,8,18H2,(H,20,21)(H,22,23). The van der Waals surface area contributed by atoms with E-state index in [0.717, 1.165) is 12.1 Å². The van der Waals surface area contributed by atoms with Crippen molar-refractivity contribution in [2.45, 2.75) is 12.5 Å². The van der Waals surface area contributed by atoms with E-state index < -0.39 is 45.7 Å². The number of nitrogen functional groups attached to an aromatic ring is 1. The van der Waals surface area contributed by atoms with E-state index >= 15 is 0 Å². The second kappa shape index (κ2) is 7.95. The van der Waals surface area contributed by atoms with Crippen molar-refractivity contribution < 1.29 is 34.3 Å². The number of anilines is 1. The number of carboxylic acid groups (broad SMARTS) is 2. The Balaban J connectivity index is 2.40. The number of rotatable bonds is 7. The molecule has 0 amide bonds.